The van der Waals surface area contributed by atoms with Crippen LogP contribution < -0.4 is 5.73 Å². The van der Waals surface area contributed by atoms with Crippen LogP contribution in [0.4, 0.5) is 0 Å². The van der Waals surface area contributed by atoms with Crippen molar-refractivity contribution in [2.45, 2.75) is 57.4 Å². The fourth-order valence-corrected chi connectivity index (χ4v) is 4.16. The Labute approximate surface area is 113 Å². The molecule has 96 valence electrons. The number of nitrogens with two attached hydrogens (primary N) is 1. The molecular formula is C14H22ClNS. The van der Waals surface area contributed by atoms with Gasteiger partial charge in [-0.2, -0.15) is 0 Å². The lowest BCUT2D eigenvalue weighted by Gasteiger charge is -2.27. The first-order valence-electron chi connectivity index (χ1n) is 6.69. The van der Waals surface area contributed by atoms with Crippen molar-refractivity contribution in [3.63, 3.8) is 0 Å². The van der Waals surface area contributed by atoms with Gasteiger partial charge in [0.1, 0.15) is 0 Å². The van der Waals surface area contributed by atoms with Gasteiger partial charge in [0.25, 0.3) is 0 Å². The Hall–Kier alpha value is -0.0500. The van der Waals surface area contributed by atoms with E-state index in [2.05, 4.69) is 13.0 Å². The summed E-state index contributed by atoms with van der Waals surface area (Å²) < 4.78 is 0.860. The van der Waals surface area contributed by atoms with Crippen LogP contribution in [0.2, 0.25) is 4.34 Å². The predicted molar refractivity (Wildman–Crippen MR) is 76.7 cm³/mol. The first kappa shape index (κ1) is 13.4. The Balaban J connectivity index is 2.06. The van der Waals surface area contributed by atoms with Gasteiger partial charge in [0.05, 0.1) is 9.88 Å². The van der Waals surface area contributed by atoms with Gasteiger partial charge in [-0.05, 0) is 37.3 Å². The zero-order valence-electron chi connectivity index (χ0n) is 10.5. The molecule has 0 radical (unpaired) electrons. The number of hydrogen-bond donors (Lipinski definition) is 1. The summed E-state index contributed by atoms with van der Waals surface area (Å²) >= 11 is 7.68. The van der Waals surface area contributed by atoms with E-state index < -0.39 is 0 Å². The zero-order valence-corrected chi connectivity index (χ0v) is 12.1. The van der Waals surface area contributed by atoms with Gasteiger partial charge in [-0.1, -0.05) is 44.2 Å². The summed E-state index contributed by atoms with van der Waals surface area (Å²) in [6.07, 6.45) is 8.79. The van der Waals surface area contributed by atoms with Crippen molar-refractivity contribution in [2.75, 3.05) is 0 Å². The van der Waals surface area contributed by atoms with E-state index in [4.69, 9.17) is 17.3 Å². The van der Waals surface area contributed by atoms with Crippen LogP contribution in [-0.2, 0) is 5.54 Å². The topological polar surface area (TPSA) is 26.0 Å². The van der Waals surface area contributed by atoms with Gasteiger partial charge >= 0.3 is 0 Å². The van der Waals surface area contributed by atoms with Crippen LogP contribution in [0.25, 0.3) is 0 Å². The van der Waals surface area contributed by atoms with E-state index in [1.165, 1.54) is 37.0 Å². The molecule has 3 heteroatoms. The Morgan fingerprint density at radius 3 is 2.88 bits per heavy atom. The molecular weight excluding hydrogens is 250 g/mol. The molecule has 2 N–H and O–H groups in total. The molecule has 1 aliphatic rings. The maximum Gasteiger partial charge on any atom is 0.0931 e. The second kappa shape index (κ2) is 5.73. The van der Waals surface area contributed by atoms with Gasteiger partial charge < -0.3 is 5.73 Å². The van der Waals surface area contributed by atoms with Crippen LogP contribution in [0, 0.1) is 5.92 Å². The number of halogens is 1. The molecule has 1 aliphatic carbocycles. The molecule has 1 aromatic rings. The van der Waals surface area contributed by atoms with E-state index in [0.29, 0.717) is 0 Å². The second-order valence-electron chi connectivity index (χ2n) is 5.35. The molecule has 2 atom stereocenters. The first-order chi connectivity index (χ1) is 8.14. The maximum absolute atomic E-state index is 6.60. The van der Waals surface area contributed by atoms with E-state index in [9.17, 15) is 0 Å². The average Bonchev–Trinajstić information content (AvgIpc) is 2.65. The standard InChI is InChI=1S/C14H22ClNS/c1-2-4-11-5-3-9-14(16,10-8-11)12-6-7-13(15)17-12/h6-7,11H,2-5,8-10,16H2,1H3. The smallest absolute Gasteiger partial charge is 0.0931 e. The van der Waals surface area contributed by atoms with Gasteiger partial charge in [-0.3, -0.25) is 0 Å². The summed E-state index contributed by atoms with van der Waals surface area (Å²) in [6, 6.07) is 4.09. The van der Waals surface area contributed by atoms with Crippen molar-refractivity contribution in [2.24, 2.45) is 11.7 Å². The van der Waals surface area contributed by atoms with Gasteiger partial charge in [0.2, 0.25) is 0 Å². The van der Waals surface area contributed by atoms with Crippen molar-refractivity contribution in [1.29, 1.82) is 0 Å². The summed E-state index contributed by atoms with van der Waals surface area (Å²) in [5.74, 6) is 0.890. The molecule has 1 aromatic heterocycles. The molecule has 2 unspecified atom stereocenters. The summed E-state index contributed by atoms with van der Waals surface area (Å²) in [6.45, 7) is 2.28. The average molecular weight is 272 g/mol. The quantitative estimate of drug-likeness (QED) is 0.775. The Morgan fingerprint density at radius 1 is 1.41 bits per heavy atom. The molecule has 0 amide bonds. The maximum atomic E-state index is 6.60. The van der Waals surface area contributed by atoms with Crippen LogP contribution in [0.3, 0.4) is 0 Å². The predicted octanol–water partition coefficient (Wildman–Crippen LogP) is 4.94. The molecule has 0 spiro atoms. The lowest BCUT2D eigenvalue weighted by atomic mass is 9.88. The van der Waals surface area contributed by atoms with Gasteiger partial charge in [0.15, 0.2) is 0 Å². The molecule has 0 aliphatic heterocycles. The minimum atomic E-state index is -0.111. The second-order valence-corrected chi connectivity index (χ2v) is 7.06. The summed E-state index contributed by atoms with van der Waals surface area (Å²) in [5, 5.41) is 0. The Morgan fingerprint density at radius 2 is 2.24 bits per heavy atom. The Kier molecular flexibility index (Phi) is 4.51. The van der Waals surface area contributed by atoms with Crippen LogP contribution >= 0.6 is 22.9 Å². The molecule has 1 saturated carbocycles. The van der Waals surface area contributed by atoms with Crippen molar-refractivity contribution in [1.82, 2.24) is 0 Å². The third kappa shape index (κ3) is 3.24. The fraction of sp³-hybridized carbons (Fsp3) is 0.714. The molecule has 17 heavy (non-hydrogen) atoms. The third-order valence-electron chi connectivity index (χ3n) is 3.99. The van der Waals surface area contributed by atoms with E-state index >= 15 is 0 Å². The first-order valence-corrected chi connectivity index (χ1v) is 7.88. The van der Waals surface area contributed by atoms with E-state index in [0.717, 1.165) is 23.1 Å². The van der Waals surface area contributed by atoms with Crippen LogP contribution in [0.1, 0.15) is 56.7 Å². The van der Waals surface area contributed by atoms with Gasteiger partial charge in [-0.15, -0.1) is 11.3 Å². The summed E-state index contributed by atoms with van der Waals surface area (Å²) in [5.41, 5.74) is 6.49. The third-order valence-corrected chi connectivity index (χ3v) is 5.45. The number of rotatable bonds is 3. The van der Waals surface area contributed by atoms with Crippen molar-refractivity contribution in [3.05, 3.63) is 21.3 Å². The van der Waals surface area contributed by atoms with E-state index in [-0.39, 0.29) is 5.54 Å². The van der Waals surface area contributed by atoms with Crippen LogP contribution in [0.5, 0.6) is 0 Å². The lowest BCUT2D eigenvalue weighted by molar-refractivity contribution is 0.373. The van der Waals surface area contributed by atoms with E-state index in [1.54, 1.807) is 11.3 Å². The van der Waals surface area contributed by atoms with Crippen LogP contribution in [0.15, 0.2) is 12.1 Å². The number of hydrogen-bond acceptors (Lipinski definition) is 2. The van der Waals surface area contributed by atoms with Crippen molar-refractivity contribution < 1.29 is 0 Å². The summed E-state index contributed by atoms with van der Waals surface area (Å²) in [7, 11) is 0. The highest BCUT2D eigenvalue weighted by Crippen LogP contribution is 2.40. The molecule has 0 saturated heterocycles. The highest BCUT2D eigenvalue weighted by atomic mass is 35.5. The monoisotopic (exact) mass is 271 g/mol. The highest BCUT2D eigenvalue weighted by molar-refractivity contribution is 7.16. The van der Waals surface area contributed by atoms with Crippen molar-refractivity contribution in [3.8, 4) is 0 Å². The SMILES string of the molecule is CCCC1CCCC(N)(c2ccc(Cl)s2)CC1. The zero-order chi connectivity index (χ0) is 12.3. The molecule has 0 aromatic carbocycles. The fourth-order valence-electron chi connectivity index (χ4n) is 2.96. The normalized spacial score (nSPS) is 30.2. The minimum Gasteiger partial charge on any atom is -0.321 e. The highest BCUT2D eigenvalue weighted by Gasteiger charge is 2.31. The largest absolute Gasteiger partial charge is 0.321 e. The Bertz CT molecular complexity index is 363. The summed E-state index contributed by atoms with van der Waals surface area (Å²) in [4.78, 5) is 1.28. The van der Waals surface area contributed by atoms with Crippen LogP contribution in [-0.4, -0.2) is 0 Å². The lowest BCUT2D eigenvalue weighted by Crippen LogP contribution is -2.35. The number of thiophene rings is 1. The molecule has 1 nitrogen and oxygen atoms in total. The molecule has 1 heterocycles. The molecule has 1 fully saturated rings. The minimum absolute atomic E-state index is 0.111. The molecule has 0 bridgehead atoms. The van der Waals surface area contributed by atoms with Crippen molar-refractivity contribution >= 4 is 22.9 Å². The van der Waals surface area contributed by atoms with Gasteiger partial charge in [0, 0.05) is 4.88 Å². The molecule has 2 rings (SSSR count). The van der Waals surface area contributed by atoms with Gasteiger partial charge in [-0.25, -0.2) is 0 Å². The van der Waals surface area contributed by atoms with E-state index in [1.807, 2.05) is 6.07 Å².